The molecule has 0 fully saturated rings. The molecule has 1 heterocycles. The monoisotopic (exact) mass is 105 g/mol. The summed E-state index contributed by atoms with van der Waals surface area (Å²) in [6, 6.07) is 4.14. The Bertz CT molecular complexity index is 111. The van der Waals surface area contributed by atoms with E-state index < -0.39 is 0 Å². The van der Waals surface area contributed by atoms with E-state index in [0.29, 0.717) is 0 Å². The molecule has 0 saturated carbocycles. The summed E-state index contributed by atoms with van der Waals surface area (Å²) in [5, 5.41) is 0. The van der Waals surface area contributed by atoms with Gasteiger partial charge in [0.1, 0.15) is 0 Å². The van der Waals surface area contributed by atoms with Crippen LogP contribution in [-0.4, -0.2) is 53.9 Å². The number of aromatic amines is 1. The molecule has 26 valence electrons. The van der Waals surface area contributed by atoms with Crippen LogP contribution in [0.4, 0.5) is 0 Å². The predicted molar refractivity (Wildman–Crippen MR) is 26.2 cm³/mol. The number of rotatable bonds is 0. The summed E-state index contributed by atoms with van der Waals surface area (Å²) in [7, 11) is 0. The molecule has 0 saturated heterocycles. The average Bonchev–Trinajstić information content (AvgIpc) is 1.86. The second-order valence-corrected chi connectivity index (χ2v) is 3.04. The summed E-state index contributed by atoms with van der Waals surface area (Å²) in [6.45, 7) is 0. The van der Waals surface area contributed by atoms with Crippen molar-refractivity contribution in [3.05, 3.63) is 18.3 Å². The molecule has 1 nitrogen and oxygen atoms in total. The van der Waals surface area contributed by atoms with Gasteiger partial charge in [0, 0.05) is 0 Å². The van der Waals surface area contributed by atoms with Gasteiger partial charge >= 0.3 is 72.1 Å². The minimum atomic E-state index is 0.830. The summed E-state index contributed by atoms with van der Waals surface area (Å²) in [4.78, 5) is 3.08. The molecular formula is C4H4KN. The molecule has 0 spiro atoms. The zero-order valence-corrected chi connectivity index (χ0v) is 6.86. The number of nitrogens with one attached hydrogen (secondary N) is 1. The standard InChI is InChI=1S/C4H4N.K/c1-2-4-5-3-1;/h1-3,5H;. The first kappa shape index (κ1) is 5.06. The summed E-state index contributed by atoms with van der Waals surface area (Å²) < 4.78 is 1.41. The Hall–Kier alpha value is 0.916. The maximum absolute atomic E-state index is 3.08. The van der Waals surface area contributed by atoms with E-state index in [2.05, 4.69) is 11.1 Å². The van der Waals surface area contributed by atoms with Gasteiger partial charge in [0.15, 0.2) is 0 Å². The van der Waals surface area contributed by atoms with Crippen molar-refractivity contribution < 1.29 is 0 Å². The number of H-pyrrole nitrogens is 1. The first-order chi connectivity index (χ1) is 2.89. The van der Waals surface area contributed by atoms with E-state index in [1.165, 1.54) is -0.212 Å². The third-order valence-corrected chi connectivity index (χ3v) is 1.72. The molecule has 1 N–H and O–H groups in total. The van der Waals surface area contributed by atoms with Crippen LogP contribution in [0.1, 0.15) is 0 Å². The Morgan fingerprint density at radius 1 is 1.67 bits per heavy atom. The van der Waals surface area contributed by atoms with Crippen molar-refractivity contribution in [3.63, 3.8) is 0 Å². The SMILES string of the molecule is [K][c]1ccc[nH]1. The Kier molecular flexibility index (Phi) is 1.92. The summed E-state index contributed by atoms with van der Waals surface area (Å²) in [5.41, 5.74) is 0. The van der Waals surface area contributed by atoms with E-state index in [1.54, 1.807) is 0 Å². The van der Waals surface area contributed by atoms with Crippen molar-refractivity contribution in [1.29, 1.82) is 0 Å². The van der Waals surface area contributed by atoms with Crippen molar-refractivity contribution in [2.24, 2.45) is 0 Å². The Morgan fingerprint density at radius 3 is 2.67 bits per heavy atom. The van der Waals surface area contributed by atoms with Crippen LogP contribution in [0.2, 0.25) is 0 Å². The minimum absolute atomic E-state index is 0.830. The van der Waals surface area contributed by atoms with Gasteiger partial charge in [0.25, 0.3) is 0 Å². The Labute approximate surface area is 70.7 Å². The van der Waals surface area contributed by atoms with E-state index in [-0.39, 0.29) is 0 Å². The van der Waals surface area contributed by atoms with Gasteiger partial charge < -0.3 is 0 Å². The maximum atomic E-state index is 3.08. The fourth-order valence-corrected chi connectivity index (χ4v) is 0.981. The van der Waals surface area contributed by atoms with Gasteiger partial charge in [-0.05, 0) is 0 Å². The predicted octanol–water partition coefficient (Wildman–Crippen LogP) is -0.191. The van der Waals surface area contributed by atoms with Gasteiger partial charge in [-0.25, -0.2) is 0 Å². The summed E-state index contributed by atoms with van der Waals surface area (Å²) in [5.74, 6) is 0. The van der Waals surface area contributed by atoms with Crippen LogP contribution in [0.25, 0.3) is 0 Å². The first-order valence-corrected chi connectivity index (χ1v) is 3.56. The van der Waals surface area contributed by atoms with Gasteiger partial charge in [0.05, 0.1) is 0 Å². The Morgan fingerprint density at radius 2 is 2.50 bits per heavy atom. The molecule has 1 rings (SSSR count). The molecule has 0 aromatic carbocycles. The van der Waals surface area contributed by atoms with E-state index >= 15 is 0 Å². The topological polar surface area (TPSA) is 15.8 Å². The van der Waals surface area contributed by atoms with E-state index in [1.807, 2.05) is 12.3 Å². The average molecular weight is 105 g/mol. The molecule has 6 heavy (non-hydrogen) atoms. The zero-order chi connectivity index (χ0) is 4.41. The summed E-state index contributed by atoms with van der Waals surface area (Å²) in [6.07, 6.45) is 1.96. The Balaban J connectivity index is 3.05. The second-order valence-electron chi connectivity index (χ2n) is 1.35. The molecule has 0 atom stereocenters. The molecule has 1 aromatic rings. The van der Waals surface area contributed by atoms with Crippen LogP contribution in [0.3, 0.4) is 0 Å². The molecule has 0 bridgehead atoms. The molecule has 0 radical (unpaired) electrons. The molecule has 0 aliphatic carbocycles. The third kappa shape index (κ3) is 1.20. The molecule has 0 aliphatic rings. The third-order valence-electron chi connectivity index (χ3n) is 0.753. The first-order valence-electron chi connectivity index (χ1n) is 1.99. The van der Waals surface area contributed by atoms with E-state index in [4.69, 9.17) is 0 Å². The van der Waals surface area contributed by atoms with Crippen molar-refractivity contribution >= 4 is 48.7 Å². The van der Waals surface area contributed by atoms with Crippen LogP contribution < -0.4 is -0.212 Å². The number of hydrogen-bond donors (Lipinski definition) is 1. The van der Waals surface area contributed by atoms with Crippen LogP contribution in [0, 0.1) is 0 Å². The fraction of sp³-hybridized carbons (Fsp3) is 0. The molecular weight excluding hydrogens is 101 g/mol. The van der Waals surface area contributed by atoms with Crippen LogP contribution >= 0.6 is 0 Å². The molecule has 0 amide bonds. The second kappa shape index (κ2) is 2.28. The van der Waals surface area contributed by atoms with Crippen molar-refractivity contribution in [2.45, 2.75) is 0 Å². The summed E-state index contributed by atoms with van der Waals surface area (Å²) >= 11 is 0.830. The van der Waals surface area contributed by atoms with Crippen LogP contribution in [0.15, 0.2) is 18.3 Å². The van der Waals surface area contributed by atoms with Crippen LogP contribution in [0.5, 0.6) is 0 Å². The van der Waals surface area contributed by atoms with Crippen molar-refractivity contribution in [3.8, 4) is 0 Å². The van der Waals surface area contributed by atoms with Gasteiger partial charge in [0.2, 0.25) is 0 Å². The van der Waals surface area contributed by atoms with E-state index in [0.717, 1.165) is 49.0 Å². The molecule has 0 unspecified atom stereocenters. The van der Waals surface area contributed by atoms with Crippen molar-refractivity contribution in [1.82, 2.24) is 4.98 Å². The molecule has 1 aromatic heterocycles. The van der Waals surface area contributed by atoms with Gasteiger partial charge in [-0.3, -0.25) is 0 Å². The van der Waals surface area contributed by atoms with Gasteiger partial charge in [-0.15, -0.1) is 0 Å². The van der Waals surface area contributed by atoms with Gasteiger partial charge in [-0.2, -0.15) is 0 Å². The number of hydrogen-bond acceptors (Lipinski definition) is 0. The quantitative estimate of drug-likeness (QED) is 0.440. The normalized spacial score (nSPS) is 9.00. The van der Waals surface area contributed by atoms with E-state index in [9.17, 15) is 0 Å². The zero-order valence-electron chi connectivity index (χ0n) is 3.73. The van der Waals surface area contributed by atoms with Crippen LogP contribution in [-0.2, 0) is 0 Å². The molecule has 0 aliphatic heterocycles. The van der Waals surface area contributed by atoms with Crippen molar-refractivity contribution in [2.75, 3.05) is 0 Å². The van der Waals surface area contributed by atoms with Gasteiger partial charge in [-0.1, -0.05) is 0 Å². The fourth-order valence-electron chi connectivity index (χ4n) is 0.420. The molecule has 2 heteroatoms. The number of aromatic nitrogens is 1.